The minimum absolute atomic E-state index is 0.0475. The number of rotatable bonds is 7. The molecule has 1 fully saturated rings. The number of hydrogen-bond acceptors (Lipinski definition) is 10. The molecule has 10 heteroatoms. The Kier molecular flexibility index (Phi) is 6.98. The van der Waals surface area contributed by atoms with Crippen LogP contribution in [0.25, 0.3) is 0 Å². The highest BCUT2D eigenvalue weighted by atomic mass is 16.7. The lowest BCUT2D eigenvalue weighted by Crippen LogP contribution is -2.60. The zero-order valence-electron chi connectivity index (χ0n) is 16.3. The Labute approximate surface area is 177 Å². The number of aromatic hydroxyl groups is 3. The Morgan fingerprint density at radius 2 is 1.61 bits per heavy atom. The van der Waals surface area contributed by atoms with Gasteiger partial charge in [0.05, 0.1) is 6.61 Å². The summed E-state index contributed by atoms with van der Waals surface area (Å²) in [5, 5.41) is 68.6. The second kappa shape index (κ2) is 9.50. The number of hydrogen-bond donors (Lipinski definition) is 7. The van der Waals surface area contributed by atoms with Crippen molar-refractivity contribution in [2.24, 2.45) is 0 Å². The van der Waals surface area contributed by atoms with E-state index in [0.717, 1.165) is 17.7 Å². The first-order valence-corrected chi connectivity index (χ1v) is 9.55. The number of phenolic OH excluding ortho intramolecular Hbond substituents is 3. The van der Waals surface area contributed by atoms with E-state index in [1.807, 2.05) is 0 Å². The van der Waals surface area contributed by atoms with Crippen molar-refractivity contribution in [2.45, 2.75) is 43.5 Å². The summed E-state index contributed by atoms with van der Waals surface area (Å²) in [5.74, 6) is -1.74. The number of aliphatic hydroxyl groups is 4. The molecule has 31 heavy (non-hydrogen) atoms. The summed E-state index contributed by atoms with van der Waals surface area (Å²) >= 11 is 0. The maximum Gasteiger partial charge on any atom is 0.229 e. The second-order valence-corrected chi connectivity index (χ2v) is 7.24. The molecule has 0 amide bonds. The number of phenols is 3. The van der Waals surface area contributed by atoms with Crippen LogP contribution in [0.3, 0.4) is 0 Å². The molecule has 0 aliphatic carbocycles. The minimum atomic E-state index is -1.73. The van der Waals surface area contributed by atoms with E-state index in [1.54, 1.807) is 12.1 Å². The van der Waals surface area contributed by atoms with E-state index in [0.29, 0.717) is 6.42 Å². The smallest absolute Gasteiger partial charge is 0.229 e. The molecule has 0 radical (unpaired) electrons. The van der Waals surface area contributed by atoms with Crippen LogP contribution in [0.2, 0.25) is 0 Å². The van der Waals surface area contributed by atoms with E-state index in [-0.39, 0.29) is 23.5 Å². The molecule has 2 aromatic rings. The topological polar surface area (TPSA) is 177 Å². The number of aliphatic hydroxyl groups excluding tert-OH is 4. The summed E-state index contributed by atoms with van der Waals surface area (Å²) in [4.78, 5) is 12.8. The lowest BCUT2D eigenvalue weighted by atomic mass is 9.99. The molecule has 2 aromatic carbocycles. The largest absolute Gasteiger partial charge is 0.508 e. The van der Waals surface area contributed by atoms with Gasteiger partial charge in [-0.05, 0) is 24.1 Å². The van der Waals surface area contributed by atoms with Crippen molar-refractivity contribution in [3.05, 3.63) is 47.5 Å². The molecule has 3 rings (SSSR count). The van der Waals surface area contributed by atoms with Crippen molar-refractivity contribution in [2.75, 3.05) is 6.61 Å². The van der Waals surface area contributed by atoms with Gasteiger partial charge < -0.3 is 45.2 Å². The number of ether oxygens (including phenoxy) is 2. The third-order valence-electron chi connectivity index (χ3n) is 5.01. The molecule has 1 aliphatic rings. The summed E-state index contributed by atoms with van der Waals surface area (Å²) < 4.78 is 10.7. The molecule has 1 heterocycles. The van der Waals surface area contributed by atoms with Gasteiger partial charge in [-0.1, -0.05) is 12.1 Å². The van der Waals surface area contributed by atoms with Crippen LogP contribution < -0.4 is 4.74 Å². The van der Waals surface area contributed by atoms with Crippen LogP contribution in [0, 0.1) is 0 Å². The van der Waals surface area contributed by atoms with E-state index in [1.165, 1.54) is 12.1 Å². The predicted octanol–water partition coefficient (Wildman–Crippen LogP) is -0.202. The van der Waals surface area contributed by atoms with Gasteiger partial charge in [0.1, 0.15) is 53.0 Å². The molecule has 0 spiro atoms. The average molecular weight is 436 g/mol. The fourth-order valence-electron chi connectivity index (χ4n) is 3.30. The Morgan fingerprint density at radius 3 is 2.26 bits per heavy atom. The van der Waals surface area contributed by atoms with Crippen molar-refractivity contribution >= 4 is 5.78 Å². The third kappa shape index (κ3) is 5.06. The van der Waals surface area contributed by atoms with Crippen LogP contribution >= 0.6 is 0 Å². The molecule has 0 bridgehead atoms. The van der Waals surface area contributed by atoms with Gasteiger partial charge in [-0.25, -0.2) is 0 Å². The van der Waals surface area contributed by atoms with Crippen molar-refractivity contribution in [3.63, 3.8) is 0 Å². The lowest BCUT2D eigenvalue weighted by molar-refractivity contribution is -0.277. The minimum Gasteiger partial charge on any atom is -0.508 e. The Morgan fingerprint density at radius 1 is 0.935 bits per heavy atom. The molecule has 168 valence electrons. The second-order valence-electron chi connectivity index (χ2n) is 7.24. The number of carbonyl (C=O) groups is 1. The van der Waals surface area contributed by atoms with Crippen molar-refractivity contribution < 1.29 is 50.0 Å². The van der Waals surface area contributed by atoms with Gasteiger partial charge in [0, 0.05) is 18.6 Å². The molecule has 10 nitrogen and oxygen atoms in total. The molecule has 0 saturated carbocycles. The summed E-state index contributed by atoms with van der Waals surface area (Å²) in [6, 6.07) is 8.23. The van der Waals surface area contributed by atoms with Crippen LogP contribution in [-0.4, -0.2) is 78.8 Å². The normalized spacial score (nSPS) is 25.9. The monoisotopic (exact) mass is 436 g/mol. The highest BCUT2D eigenvalue weighted by Gasteiger charge is 2.45. The SMILES string of the molecule is O=C(CCc1ccc(O)cc1)c1c(O)cc(O)cc1O[C@@H]1O[C@H](CO)[C@H](O)[C@H](O)[C@H]1O. The van der Waals surface area contributed by atoms with Crippen LogP contribution in [0.15, 0.2) is 36.4 Å². The van der Waals surface area contributed by atoms with Crippen molar-refractivity contribution in [3.8, 4) is 23.0 Å². The molecular weight excluding hydrogens is 412 g/mol. The summed E-state index contributed by atoms with van der Waals surface area (Å²) in [7, 11) is 0. The maximum atomic E-state index is 12.8. The number of benzene rings is 2. The van der Waals surface area contributed by atoms with E-state index in [9.17, 15) is 40.5 Å². The quantitative estimate of drug-likeness (QED) is 0.288. The van der Waals surface area contributed by atoms with Crippen LogP contribution in [0.4, 0.5) is 0 Å². The molecule has 1 aliphatic heterocycles. The van der Waals surface area contributed by atoms with E-state index < -0.39 is 54.6 Å². The first kappa shape index (κ1) is 22.8. The van der Waals surface area contributed by atoms with Gasteiger partial charge in [-0.3, -0.25) is 4.79 Å². The van der Waals surface area contributed by atoms with Gasteiger partial charge >= 0.3 is 0 Å². The average Bonchev–Trinajstić information content (AvgIpc) is 2.73. The van der Waals surface area contributed by atoms with E-state index >= 15 is 0 Å². The van der Waals surface area contributed by atoms with Crippen LogP contribution in [-0.2, 0) is 11.2 Å². The number of carbonyl (C=O) groups excluding carboxylic acids is 1. The van der Waals surface area contributed by atoms with Gasteiger partial charge in [-0.2, -0.15) is 0 Å². The maximum absolute atomic E-state index is 12.8. The van der Waals surface area contributed by atoms with Crippen LogP contribution in [0.5, 0.6) is 23.0 Å². The Balaban J connectivity index is 1.82. The zero-order chi connectivity index (χ0) is 22.7. The summed E-state index contributed by atoms with van der Waals surface area (Å²) in [6.45, 7) is -0.672. The Bertz CT molecular complexity index is 911. The number of ketones is 1. The van der Waals surface area contributed by atoms with E-state index in [2.05, 4.69) is 0 Å². The molecule has 7 N–H and O–H groups in total. The van der Waals surface area contributed by atoms with Gasteiger partial charge in [0.2, 0.25) is 6.29 Å². The van der Waals surface area contributed by atoms with Crippen LogP contribution in [0.1, 0.15) is 22.3 Å². The Hall–Kier alpha value is -2.89. The summed E-state index contributed by atoms with van der Waals surface area (Å²) in [6.07, 6.45) is -7.61. The molecule has 0 unspecified atom stereocenters. The molecular formula is C21H24O10. The van der Waals surface area contributed by atoms with Gasteiger partial charge in [0.25, 0.3) is 0 Å². The molecule has 5 atom stereocenters. The van der Waals surface area contributed by atoms with Crippen molar-refractivity contribution in [1.29, 1.82) is 0 Å². The zero-order valence-corrected chi connectivity index (χ0v) is 16.3. The van der Waals surface area contributed by atoms with Gasteiger partial charge in [-0.15, -0.1) is 0 Å². The number of aryl methyl sites for hydroxylation is 1. The lowest BCUT2D eigenvalue weighted by Gasteiger charge is -2.39. The van der Waals surface area contributed by atoms with E-state index in [4.69, 9.17) is 9.47 Å². The molecule has 1 saturated heterocycles. The summed E-state index contributed by atoms with van der Waals surface area (Å²) in [5.41, 5.74) is 0.495. The third-order valence-corrected chi connectivity index (χ3v) is 5.01. The molecule has 0 aromatic heterocycles. The fourth-order valence-corrected chi connectivity index (χ4v) is 3.30. The highest BCUT2D eigenvalue weighted by Crippen LogP contribution is 2.36. The van der Waals surface area contributed by atoms with Gasteiger partial charge in [0.15, 0.2) is 5.78 Å². The highest BCUT2D eigenvalue weighted by molar-refractivity contribution is 6.01. The predicted molar refractivity (Wildman–Crippen MR) is 105 cm³/mol. The fraction of sp³-hybridized carbons (Fsp3) is 0.381. The number of Topliss-reactive ketones (excluding diaryl/α,β-unsaturated/α-hetero) is 1. The van der Waals surface area contributed by atoms with Crippen molar-refractivity contribution in [1.82, 2.24) is 0 Å². The first-order valence-electron chi connectivity index (χ1n) is 9.55. The first-order chi connectivity index (χ1) is 14.7. The standard InChI is InChI=1S/C21H24O10/c22-9-16-18(27)19(28)20(29)21(31-16)30-15-8-12(24)7-14(26)17(15)13(25)6-3-10-1-4-11(23)5-2-10/h1-2,4-5,7-8,16,18-24,26-29H,3,6,9H2/t16-,18+,19+,20-,21-/m1/s1.